The van der Waals surface area contributed by atoms with E-state index in [1.54, 1.807) is 0 Å². The van der Waals surface area contributed by atoms with E-state index in [-0.39, 0.29) is 0 Å². The van der Waals surface area contributed by atoms with Crippen LogP contribution < -0.4 is 5.73 Å². The molecule has 1 aliphatic carbocycles. The summed E-state index contributed by atoms with van der Waals surface area (Å²) in [6, 6.07) is 8.92. The molecule has 2 N–H and O–H groups in total. The van der Waals surface area contributed by atoms with Crippen molar-refractivity contribution in [1.82, 2.24) is 0 Å². The molecule has 14 heavy (non-hydrogen) atoms. The van der Waals surface area contributed by atoms with Crippen LogP contribution in [0.2, 0.25) is 0 Å². The molecule has 0 bridgehead atoms. The Balaban J connectivity index is 2.00. The maximum atomic E-state index is 6.13. The molecule has 2 atom stereocenters. The smallest absolute Gasteiger partial charge is 0.0114 e. The quantitative estimate of drug-likeness (QED) is 0.720. The third kappa shape index (κ3) is 1.60. The van der Waals surface area contributed by atoms with Crippen LogP contribution in [-0.2, 0) is 6.42 Å². The van der Waals surface area contributed by atoms with Gasteiger partial charge in [-0.15, -0.1) is 6.58 Å². The normalized spacial score (nSPS) is 20.8. The summed E-state index contributed by atoms with van der Waals surface area (Å²) in [5, 5.41) is 0. The molecule has 1 aromatic carbocycles. The van der Waals surface area contributed by atoms with Gasteiger partial charge in [0.25, 0.3) is 0 Å². The number of rotatable bonds is 4. The number of hydrogen-bond donors (Lipinski definition) is 1. The Hall–Kier alpha value is -1.08. The lowest BCUT2D eigenvalue weighted by Gasteiger charge is -2.34. The van der Waals surface area contributed by atoms with Gasteiger partial charge in [-0.05, 0) is 30.4 Å². The van der Waals surface area contributed by atoms with Gasteiger partial charge in [-0.25, -0.2) is 0 Å². The Kier molecular flexibility index (Phi) is 2.69. The lowest BCUT2D eigenvalue weighted by atomic mass is 9.73. The first kappa shape index (κ1) is 9.47. The number of allylic oxidation sites excluding steroid dienone is 1. The highest BCUT2D eigenvalue weighted by atomic mass is 14.7. The molecular formula is C13H17N. The number of hydrogen-bond acceptors (Lipinski definition) is 1. The molecule has 0 spiro atoms. The highest BCUT2D eigenvalue weighted by Crippen LogP contribution is 2.37. The second-order valence-corrected chi connectivity index (χ2v) is 4.04. The third-order valence-corrected chi connectivity index (χ3v) is 3.12. The lowest BCUT2D eigenvalue weighted by molar-refractivity contribution is 0.461. The van der Waals surface area contributed by atoms with Crippen molar-refractivity contribution in [3.8, 4) is 0 Å². The van der Waals surface area contributed by atoms with Crippen LogP contribution in [0.5, 0.6) is 0 Å². The van der Waals surface area contributed by atoms with Gasteiger partial charge >= 0.3 is 0 Å². The van der Waals surface area contributed by atoms with Gasteiger partial charge in [-0.2, -0.15) is 0 Å². The molecule has 0 heterocycles. The predicted octanol–water partition coefficient (Wildman–Crippen LogP) is 2.62. The van der Waals surface area contributed by atoms with Crippen LogP contribution in [0.3, 0.4) is 0 Å². The standard InChI is InChI=1S/C13H17N/c1-2-3-8-13(14)12-9-10-6-4-5-7-11(10)12/h2,4-7,12-13H,1,3,8-9,14H2. The zero-order valence-electron chi connectivity index (χ0n) is 8.45. The van der Waals surface area contributed by atoms with Crippen LogP contribution in [0.1, 0.15) is 29.9 Å². The molecule has 0 fully saturated rings. The average Bonchev–Trinajstić information content (AvgIpc) is 2.17. The SMILES string of the molecule is C=CCCC(N)C1Cc2ccccc21. The van der Waals surface area contributed by atoms with Crippen molar-refractivity contribution in [3.63, 3.8) is 0 Å². The van der Waals surface area contributed by atoms with Gasteiger partial charge in [0.15, 0.2) is 0 Å². The fraction of sp³-hybridized carbons (Fsp3) is 0.385. The van der Waals surface area contributed by atoms with Gasteiger partial charge in [0.2, 0.25) is 0 Å². The summed E-state index contributed by atoms with van der Waals surface area (Å²) in [6.07, 6.45) is 5.20. The zero-order valence-corrected chi connectivity index (χ0v) is 8.45. The van der Waals surface area contributed by atoms with Crippen molar-refractivity contribution in [2.75, 3.05) is 0 Å². The number of benzene rings is 1. The second kappa shape index (κ2) is 3.97. The van der Waals surface area contributed by atoms with Gasteiger partial charge in [0, 0.05) is 12.0 Å². The monoisotopic (exact) mass is 187 g/mol. The van der Waals surface area contributed by atoms with E-state index < -0.39 is 0 Å². The van der Waals surface area contributed by atoms with E-state index in [0.717, 1.165) is 19.3 Å². The summed E-state index contributed by atoms with van der Waals surface area (Å²) in [6.45, 7) is 3.72. The van der Waals surface area contributed by atoms with Crippen LogP contribution >= 0.6 is 0 Å². The largest absolute Gasteiger partial charge is 0.327 e. The maximum absolute atomic E-state index is 6.13. The first-order valence-electron chi connectivity index (χ1n) is 5.27. The second-order valence-electron chi connectivity index (χ2n) is 4.04. The predicted molar refractivity (Wildman–Crippen MR) is 60.3 cm³/mol. The fourth-order valence-electron chi connectivity index (χ4n) is 2.19. The lowest BCUT2D eigenvalue weighted by Crippen LogP contribution is -2.35. The molecule has 1 nitrogen and oxygen atoms in total. The number of nitrogens with two attached hydrogens (primary N) is 1. The van der Waals surface area contributed by atoms with Crippen LogP contribution in [0.15, 0.2) is 36.9 Å². The van der Waals surface area contributed by atoms with E-state index in [2.05, 4.69) is 30.8 Å². The van der Waals surface area contributed by atoms with Crippen molar-refractivity contribution < 1.29 is 0 Å². The van der Waals surface area contributed by atoms with Gasteiger partial charge in [-0.3, -0.25) is 0 Å². The van der Waals surface area contributed by atoms with Crippen LogP contribution in [0.25, 0.3) is 0 Å². The van der Waals surface area contributed by atoms with E-state index >= 15 is 0 Å². The molecule has 1 aromatic rings. The van der Waals surface area contributed by atoms with Crippen LogP contribution in [0.4, 0.5) is 0 Å². The molecule has 0 radical (unpaired) electrons. The van der Waals surface area contributed by atoms with Crippen molar-refractivity contribution in [2.24, 2.45) is 5.73 Å². The molecule has 74 valence electrons. The molecule has 2 unspecified atom stereocenters. The molecule has 1 heteroatoms. The molecule has 0 amide bonds. The van der Waals surface area contributed by atoms with Crippen molar-refractivity contribution in [2.45, 2.75) is 31.2 Å². The van der Waals surface area contributed by atoms with Crippen molar-refractivity contribution >= 4 is 0 Å². The Labute approximate surface area is 85.6 Å². The molecule has 0 saturated carbocycles. The summed E-state index contributed by atoms with van der Waals surface area (Å²) in [5.41, 5.74) is 9.07. The summed E-state index contributed by atoms with van der Waals surface area (Å²) in [7, 11) is 0. The van der Waals surface area contributed by atoms with Gasteiger partial charge in [0.1, 0.15) is 0 Å². The molecule has 0 aromatic heterocycles. The van der Waals surface area contributed by atoms with Crippen LogP contribution in [-0.4, -0.2) is 6.04 Å². The Morgan fingerprint density at radius 3 is 3.00 bits per heavy atom. The molecule has 2 rings (SSSR count). The first-order chi connectivity index (χ1) is 6.83. The summed E-state index contributed by atoms with van der Waals surface area (Å²) >= 11 is 0. The first-order valence-corrected chi connectivity index (χ1v) is 5.27. The van der Waals surface area contributed by atoms with Crippen LogP contribution in [0, 0.1) is 0 Å². The fourth-order valence-corrected chi connectivity index (χ4v) is 2.19. The molecule has 0 saturated heterocycles. The molecular weight excluding hydrogens is 170 g/mol. The maximum Gasteiger partial charge on any atom is 0.0114 e. The van der Waals surface area contributed by atoms with E-state index in [4.69, 9.17) is 5.73 Å². The van der Waals surface area contributed by atoms with Crippen molar-refractivity contribution in [1.29, 1.82) is 0 Å². The highest BCUT2D eigenvalue weighted by molar-refractivity contribution is 5.41. The van der Waals surface area contributed by atoms with E-state index in [1.165, 1.54) is 11.1 Å². The molecule has 0 aliphatic heterocycles. The zero-order chi connectivity index (χ0) is 9.97. The third-order valence-electron chi connectivity index (χ3n) is 3.12. The van der Waals surface area contributed by atoms with Gasteiger partial charge in [0.05, 0.1) is 0 Å². The van der Waals surface area contributed by atoms with E-state index in [9.17, 15) is 0 Å². The molecule has 1 aliphatic rings. The Morgan fingerprint density at radius 2 is 2.29 bits per heavy atom. The minimum Gasteiger partial charge on any atom is -0.327 e. The summed E-state index contributed by atoms with van der Waals surface area (Å²) < 4.78 is 0. The summed E-state index contributed by atoms with van der Waals surface area (Å²) in [4.78, 5) is 0. The Morgan fingerprint density at radius 1 is 1.50 bits per heavy atom. The minimum absolute atomic E-state index is 0.308. The number of fused-ring (bicyclic) bond motifs is 1. The summed E-state index contributed by atoms with van der Waals surface area (Å²) in [5.74, 6) is 0.589. The minimum atomic E-state index is 0.308. The van der Waals surface area contributed by atoms with Gasteiger partial charge in [-0.1, -0.05) is 30.3 Å². The Bertz CT molecular complexity index is 330. The van der Waals surface area contributed by atoms with Crippen molar-refractivity contribution in [3.05, 3.63) is 48.0 Å². The highest BCUT2D eigenvalue weighted by Gasteiger charge is 2.29. The van der Waals surface area contributed by atoms with Gasteiger partial charge < -0.3 is 5.73 Å². The average molecular weight is 187 g/mol. The van der Waals surface area contributed by atoms with E-state index in [1.807, 2.05) is 6.08 Å². The topological polar surface area (TPSA) is 26.0 Å². The van der Waals surface area contributed by atoms with E-state index in [0.29, 0.717) is 12.0 Å².